The van der Waals surface area contributed by atoms with Crippen molar-refractivity contribution in [3.63, 3.8) is 0 Å². The van der Waals surface area contributed by atoms with Crippen LogP contribution in [0.3, 0.4) is 0 Å². The number of esters is 2. The Morgan fingerprint density at radius 2 is 1.88 bits per heavy atom. The summed E-state index contributed by atoms with van der Waals surface area (Å²) in [6, 6.07) is 0. The van der Waals surface area contributed by atoms with E-state index in [1.807, 2.05) is 13.8 Å². The Morgan fingerprint density at radius 1 is 1.23 bits per heavy atom. The first-order chi connectivity index (χ1) is 12.2. The lowest BCUT2D eigenvalue weighted by atomic mass is 9.62. The molecular weight excluding hydrogens is 328 g/mol. The second-order valence-electron chi connectivity index (χ2n) is 7.73. The molecule has 0 fully saturated rings. The smallest absolute Gasteiger partial charge is 0.313 e. The van der Waals surface area contributed by atoms with Crippen molar-refractivity contribution < 1.29 is 19.1 Å². The van der Waals surface area contributed by atoms with E-state index in [-0.39, 0.29) is 30.2 Å². The number of rotatable bonds is 7. The average Bonchev–Trinajstić information content (AvgIpc) is 2.57. The number of allylic oxidation sites excluding steroid dienone is 6. The molecule has 0 bridgehead atoms. The molecule has 0 aliphatic heterocycles. The van der Waals surface area contributed by atoms with E-state index in [1.54, 1.807) is 0 Å². The second kappa shape index (κ2) is 9.75. The summed E-state index contributed by atoms with van der Waals surface area (Å²) in [5.41, 5.74) is 2.86. The van der Waals surface area contributed by atoms with Crippen LogP contribution < -0.4 is 0 Å². The van der Waals surface area contributed by atoms with Gasteiger partial charge in [-0.15, -0.1) is 0 Å². The fourth-order valence-electron chi connectivity index (χ4n) is 3.81. The molecule has 0 amide bonds. The highest BCUT2D eigenvalue weighted by atomic mass is 16.5. The van der Waals surface area contributed by atoms with E-state index in [2.05, 4.69) is 39.0 Å². The van der Waals surface area contributed by atoms with Crippen molar-refractivity contribution in [2.24, 2.45) is 17.3 Å². The van der Waals surface area contributed by atoms with Gasteiger partial charge in [-0.05, 0) is 58.8 Å². The third kappa shape index (κ3) is 5.58. The SMILES string of the molecule is COC(=O)CC1(C(=O)OC)CC(/C=C(\C)CCC=C(C)C)C=C(C)C1C. The van der Waals surface area contributed by atoms with Crippen molar-refractivity contribution in [1.82, 2.24) is 0 Å². The lowest BCUT2D eigenvalue weighted by Crippen LogP contribution is -2.44. The summed E-state index contributed by atoms with van der Waals surface area (Å²) in [5, 5.41) is 0. The zero-order valence-electron chi connectivity index (χ0n) is 17.3. The molecule has 0 heterocycles. The van der Waals surface area contributed by atoms with E-state index >= 15 is 0 Å². The highest BCUT2D eigenvalue weighted by Crippen LogP contribution is 2.47. The maximum atomic E-state index is 12.7. The summed E-state index contributed by atoms with van der Waals surface area (Å²) in [5.74, 6) is -0.658. The normalized spacial score (nSPS) is 26.0. The van der Waals surface area contributed by atoms with E-state index in [0.717, 1.165) is 18.4 Å². The van der Waals surface area contributed by atoms with Gasteiger partial charge in [0.15, 0.2) is 0 Å². The van der Waals surface area contributed by atoms with Crippen LogP contribution >= 0.6 is 0 Å². The van der Waals surface area contributed by atoms with Crippen molar-refractivity contribution >= 4 is 11.9 Å². The lowest BCUT2D eigenvalue weighted by Gasteiger charge is -2.41. The van der Waals surface area contributed by atoms with Crippen LogP contribution in [0.5, 0.6) is 0 Å². The lowest BCUT2D eigenvalue weighted by molar-refractivity contribution is -0.163. The van der Waals surface area contributed by atoms with Crippen molar-refractivity contribution in [3.05, 3.63) is 34.9 Å². The standard InChI is InChI=1S/C22H34O4/c1-15(2)9-8-10-16(3)11-19-12-17(4)18(5)22(13-19,21(24)26-7)14-20(23)25-6/h9,11-12,18-19H,8,10,13-14H2,1-7H3/b16-11+. The van der Waals surface area contributed by atoms with E-state index in [1.165, 1.54) is 25.4 Å². The molecule has 0 aromatic heterocycles. The minimum atomic E-state index is -0.873. The Bertz CT molecular complexity index is 608. The van der Waals surface area contributed by atoms with Crippen molar-refractivity contribution in [2.45, 2.75) is 60.3 Å². The fraction of sp³-hybridized carbons (Fsp3) is 0.636. The maximum Gasteiger partial charge on any atom is 0.313 e. The van der Waals surface area contributed by atoms with Gasteiger partial charge < -0.3 is 9.47 Å². The summed E-state index contributed by atoms with van der Waals surface area (Å²) in [4.78, 5) is 24.7. The van der Waals surface area contributed by atoms with Gasteiger partial charge in [-0.25, -0.2) is 0 Å². The first-order valence-electron chi connectivity index (χ1n) is 9.30. The van der Waals surface area contributed by atoms with Crippen LogP contribution in [-0.4, -0.2) is 26.2 Å². The molecule has 0 saturated heterocycles. The summed E-state index contributed by atoms with van der Waals surface area (Å²) in [6.45, 7) is 10.3. The first kappa shape index (κ1) is 22.2. The van der Waals surface area contributed by atoms with E-state index in [4.69, 9.17) is 9.47 Å². The Balaban J connectivity index is 3.12. The predicted molar refractivity (Wildman–Crippen MR) is 105 cm³/mol. The molecule has 1 aliphatic rings. The average molecular weight is 363 g/mol. The minimum Gasteiger partial charge on any atom is -0.469 e. The molecular formula is C22H34O4. The molecule has 1 rings (SSSR count). The Kier molecular flexibility index (Phi) is 8.32. The number of hydrogen-bond donors (Lipinski definition) is 0. The molecule has 0 saturated carbocycles. The van der Waals surface area contributed by atoms with Gasteiger partial charge in [0.2, 0.25) is 0 Å². The maximum absolute atomic E-state index is 12.7. The third-order valence-corrected chi connectivity index (χ3v) is 5.46. The van der Waals surface area contributed by atoms with Crippen LogP contribution in [0.2, 0.25) is 0 Å². The summed E-state index contributed by atoms with van der Waals surface area (Å²) in [6.07, 6.45) is 9.29. The van der Waals surface area contributed by atoms with Crippen LogP contribution in [0.15, 0.2) is 34.9 Å². The molecule has 0 radical (unpaired) electrons. The number of carbonyl (C=O) groups is 2. The van der Waals surface area contributed by atoms with Gasteiger partial charge in [0.05, 0.1) is 26.1 Å². The van der Waals surface area contributed by atoms with Crippen molar-refractivity contribution in [1.29, 1.82) is 0 Å². The Morgan fingerprint density at radius 3 is 2.42 bits per heavy atom. The quantitative estimate of drug-likeness (QED) is 0.472. The second-order valence-corrected chi connectivity index (χ2v) is 7.73. The molecule has 3 atom stereocenters. The zero-order valence-corrected chi connectivity index (χ0v) is 17.3. The molecule has 0 spiro atoms. The van der Waals surface area contributed by atoms with Crippen LogP contribution in [0, 0.1) is 17.3 Å². The minimum absolute atomic E-state index is 0.0453. The third-order valence-electron chi connectivity index (χ3n) is 5.46. The fourth-order valence-corrected chi connectivity index (χ4v) is 3.81. The van der Waals surface area contributed by atoms with Crippen LogP contribution in [0.4, 0.5) is 0 Å². The van der Waals surface area contributed by atoms with Gasteiger partial charge >= 0.3 is 11.9 Å². The summed E-state index contributed by atoms with van der Waals surface area (Å²) >= 11 is 0. The zero-order chi connectivity index (χ0) is 19.9. The van der Waals surface area contributed by atoms with Gasteiger partial charge in [0, 0.05) is 0 Å². The van der Waals surface area contributed by atoms with Gasteiger partial charge in [-0.2, -0.15) is 0 Å². The number of ether oxygens (including phenoxy) is 2. The van der Waals surface area contributed by atoms with Gasteiger partial charge in [-0.1, -0.05) is 41.9 Å². The first-order valence-corrected chi connectivity index (χ1v) is 9.30. The number of hydrogen-bond acceptors (Lipinski definition) is 4. The Hall–Kier alpha value is -1.84. The van der Waals surface area contributed by atoms with Crippen LogP contribution in [-0.2, 0) is 19.1 Å². The highest BCUT2D eigenvalue weighted by molar-refractivity contribution is 5.84. The molecule has 0 aromatic carbocycles. The summed E-state index contributed by atoms with van der Waals surface area (Å²) in [7, 11) is 2.74. The predicted octanol–water partition coefficient (Wildman–Crippen LogP) is 5.00. The molecule has 1 aliphatic carbocycles. The molecule has 26 heavy (non-hydrogen) atoms. The molecule has 4 heteroatoms. The van der Waals surface area contributed by atoms with Crippen LogP contribution in [0.1, 0.15) is 60.3 Å². The number of methoxy groups -OCH3 is 2. The van der Waals surface area contributed by atoms with E-state index in [0.29, 0.717) is 6.42 Å². The molecule has 0 N–H and O–H groups in total. The van der Waals surface area contributed by atoms with Crippen molar-refractivity contribution in [3.8, 4) is 0 Å². The molecule has 146 valence electrons. The van der Waals surface area contributed by atoms with Crippen molar-refractivity contribution in [2.75, 3.05) is 14.2 Å². The summed E-state index contributed by atoms with van der Waals surface area (Å²) < 4.78 is 9.96. The van der Waals surface area contributed by atoms with E-state index < -0.39 is 5.41 Å². The highest BCUT2D eigenvalue weighted by Gasteiger charge is 2.50. The van der Waals surface area contributed by atoms with Gasteiger partial charge in [0.25, 0.3) is 0 Å². The molecule has 0 aromatic rings. The number of carbonyl (C=O) groups excluding carboxylic acids is 2. The van der Waals surface area contributed by atoms with Gasteiger partial charge in [-0.3, -0.25) is 9.59 Å². The largest absolute Gasteiger partial charge is 0.469 e. The topological polar surface area (TPSA) is 52.6 Å². The van der Waals surface area contributed by atoms with Gasteiger partial charge in [0.1, 0.15) is 0 Å². The Labute approximate surface area is 158 Å². The monoisotopic (exact) mass is 362 g/mol. The molecule has 3 unspecified atom stereocenters. The molecule has 4 nitrogen and oxygen atoms in total. The van der Waals surface area contributed by atoms with E-state index in [9.17, 15) is 9.59 Å². The van der Waals surface area contributed by atoms with Crippen LogP contribution in [0.25, 0.3) is 0 Å².